The number of rotatable bonds is 4. The molecule has 0 unspecified atom stereocenters. The Labute approximate surface area is 261 Å². The van der Waals surface area contributed by atoms with Gasteiger partial charge in [-0.1, -0.05) is 66.7 Å². The van der Waals surface area contributed by atoms with Crippen LogP contribution in [0.2, 0.25) is 0 Å². The van der Waals surface area contributed by atoms with Crippen LogP contribution in [0.25, 0.3) is 44.5 Å². The molecule has 0 amide bonds. The lowest BCUT2D eigenvalue weighted by Gasteiger charge is -2.33. The fraction of sp³-hybridized carbons (Fsp3) is 0. The largest absolute Gasteiger partial charge is 0.458 e. The zero-order valence-electron chi connectivity index (χ0n) is 24.2. The molecule has 5 heteroatoms. The second-order valence-electron chi connectivity index (χ2n) is 11.4. The summed E-state index contributed by atoms with van der Waals surface area (Å²) in [5.74, 6) is 3.43. The molecule has 9 rings (SSSR count). The van der Waals surface area contributed by atoms with Gasteiger partial charge in [0.2, 0.25) is 0 Å². The van der Waals surface area contributed by atoms with Crippen LogP contribution in [0.1, 0.15) is 0 Å². The Balaban J connectivity index is 1.17. The van der Waals surface area contributed by atoms with Crippen molar-refractivity contribution in [1.82, 2.24) is 9.97 Å². The molecule has 210 valence electrons. The topological polar surface area (TPSA) is 44.2 Å². The lowest BCUT2D eigenvalue weighted by molar-refractivity contribution is 0.464. The van der Waals surface area contributed by atoms with Crippen LogP contribution in [0.5, 0.6) is 23.0 Å². The molecule has 0 aliphatic carbocycles. The van der Waals surface area contributed by atoms with Crippen molar-refractivity contribution in [2.75, 3.05) is 0 Å². The van der Waals surface area contributed by atoms with Gasteiger partial charge in [-0.3, -0.25) is 9.97 Å². The van der Waals surface area contributed by atoms with E-state index >= 15 is 0 Å². The third-order valence-electron chi connectivity index (χ3n) is 8.82. The summed E-state index contributed by atoms with van der Waals surface area (Å²) in [4.78, 5) is 8.37. The van der Waals surface area contributed by atoms with Gasteiger partial charge in [-0.25, -0.2) is 0 Å². The van der Waals surface area contributed by atoms with Crippen LogP contribution in [0.15, 0.2) is 152 Å². The van der Waals surface area contributed by atoms with E-state index in [4.69, 9.17) is 9.47 Å². The van der Waals surface area contributed by atoms with Gasteiger partial charge in [-0.05, 0) is 116 Å². The summed E-state index contributed by atoms with van der Waals surface area (Å²) in [6.07, 6.45) is 7.33. The van der Waals surface area contributed by atoms with Gasteiger partial charge in [0.05, 0.1) is 0 Å². The number of hydrogen-bond acceptors (Lipinski definition) is 4. The van der Waals surface area contributed by atoms with Crippen LogP contribution in [-0.4, -0.2) is 16.7 Å². The summed E-state index contributed by atoms with van der Waals surface area (Å²) in [6, 6.07) is 44.7. The molecule has 0 spiro atoms. The maximum Gasteiger partial charge on any atom is 0.260 e. The fourth-order valence-corrected chi connectivity index (χ4v) is 6.64. The van der Waals surface area contributed by atoms with Gasteiger partial charge in [0.25, 0.3) is 6.71 Å². The number of ether oxygens (including phenoxy) is 2. The molecule has 7 aromatic rings. The first-order chi connectivity index (χ1) is 22.3. The number of benzene rings is 5. The molecule has 4 nitrogen and oxygen atoms in total. The highest BCUT2D eigenvalue weighted by atomic mass is 16.5. The Morgan fingerprint density at radius 2 is 0.756 bits per heavy atom. The van der Waals surface area contributed by atoms with Gasteiger partial charge in [0.15, 0.2) is 0 Å². The summed E-state index contributed by atoms with van der Waals surface area (Å²) < 4.78 is 13.0. The van der Waals surface area contributed by atoms with Crippen LogP contribution in [0, 0.1) is 0 Å². The van der Waals surface area contributed by atoms with Gasteiger partial charge in [0, 0.05) is 30.3 Å². The lowest BCUT2D eigenvalue weighted by Crippen LogP contribution is -2.57. The molecule has 0 saturated heterocycles. The van der Waals surface area contributed by atoms with E-state index < -0.39 is 0 Å². The van der Waals surface area contributed by atoms with Gasteiger partial charge < -0.3 is 9.47 Å². The van der Waals surface area contributed by atoms with Crippen LogP contribution >= 0.6 is 0 Å². The minimum atomic E-state index is -0.0321. The van der Waals surface area contributed by atoms with Gasteiger partial charge in [0.1, 0.15) is 23.0 Å². The number of pyridine rings is 2. The summed E-state index contributed by atoms with van der Waals surface area (Å²) in [7, 11) is 0. The fourth-order valence-electron chi connectivity index (χ4n) is 6.64. The van der Waals surface area contributed by atoms with Crippen molar-refractivity contribution in [3.8, 4) is 67.5 Å². The van der Waals surface area contributed by atoms with Crippen molar-refractivity contribution in [1.29, 1.82) is 0 Å². The van der Waals surface area contributed by atoms with E-state index in [1.54, 1.807) is 0 Å². The predicted octanol–water partition coefficient (Wildman–Crippen LogP) is 7.87. The smallest absolute Gasteiger partial charge is 0.260 e. The van der Waals surface area contributed by atoms with Crippen LogP contribution < -0.4 is 25.9 Å². The van der Waals surface area contributed by atoms with Gasteiger partial charge in [-0.15, -0.1) is 0 Å². The molecule has 2 aromatic heterocycles. The maximum absolute atomic E-state index is 6.51. The van der Waals surface area contributed by atoms with E-state index in [1.165, 1.54) is 0 Å². The minimum absolute atomic E-state index is 0.0321. The van der Waals surface area contributed by atoms with Crippen molar-refractivity contribution in [3.05, 3.63) is 152 Å². The molecular weight excluding hydrogens is 551 g/mol. The van der Waals surface area contributed by atoms with Gasteiger partial charge in [-0.2, -0.15) is 0 Å². The Kier molecular flexibility index (Phi) is 5.88. The van der Waals surface area contributed by atoms with Crippen LogP contribution in [0.4, 0.5) is 0 Å². The van der Waals surface area contributed by atoms with E-state index in [2.05, 4.69) is 94.9 Å². The highest BCUT2D eigenvalue weighted by Crippen LogP contribution is 2.37. The molecule has 5 aromatic carbocycles. The summed E-state index contributed by atoms with van der Waals surface area (Å²) in [5.41, 5.74) is 12.5. The van der Waals surface area contributed by atoms with E-state index in [9.17, 15) is 0 Å². The Morgan fingerprint density at radius 3 is 1.22 bits per heavy atom. The first-order valence-electron chi connectivity index (χ1n) is 15.1. The summed E-state index contributed by atoms with van der Waals surface area (Å²) in [6.45, 7) is -0.0321. The van der Waals surface area contributed by atoms with Crippen LogP contribution in [0.3, 0.4) is 0 Å². The first kappa shape index (κ1) is 25.6. The molecule has 0 saturated carbocycles. The Morgan fingerprint density at radius 1 is 0.356 bits per heavy atom. The molecule has 0 radical (unpaired) electrons. The third-order valence-corrected chi connectivity index (χ3v) is 8.82. The third kappa shape index (κ3) is 4.40. The zero-order chi connectivity index (χ0) is 29.7. The highest BCUT2D eigenvalue weighted by molar-refractivity contribution is 6.98. The first-order valence-corrected chi connectivity index (χ1v) is 15.1. The van der Waals surface area contributed by atoms with Crippen molar-refractivity contribution < 1.29 is 9.47 Å². The highest BCUT2D eigenvalue weighted by Gasteiger charge is 2.40. The van der Waals surface area contributed by atoms with E-state index in [-0.39, 0.29) is 6.71 Å². The number of hydrogen-bond donors (Lipinski definition) is 0. The van der Waals surface area contributed by atoms with E-state index in [1.807, 2.05) is 67.3 Å². The zero-order valence-corrected chi connectivity index (χ0v) is 24.2. The molecule has 0 bridgehead atoms. The molecule has 4 heterocycles. The molecule has 0 N–H and O–H groups in total. The van der Waals surface area contributed by atoms with Crippen molar-refractivity contribution >= 4 is 23.1 Å². The average Bonchev–Trinajstić information content (AvgIpc) is 3.12. The number of fused-ring (bicyclic) bond motifs is 4. The number of aromatic nitrogens is 2. The Bertz CT molecular complexity index is 2080. The monoisotopic (exact) mass is 576 g/mol. The van der Waals surface area contributed by atoms with Crippen LogP contribution in [-0.2, 0) is 0 Å². The molecule has 0 fully saturated rings. The molecule has 45 heavy (non-hydrogen) atoms. The van der Waals surface area contributed by atoms with Crippen molar-refractivity contribution in [3.63, 3.8) is 0 Å². The Hall–Kier alpha value is -5.94. The van der Waals surface area contributed by atoms with Crippen molar-refractivity contribution in [2.24, 2.45) is 0 Å². The normalized spacial score (nSPS) is 12.3. The lowest BCUT2D eigenvalue weighted by atomic mass is 9.34. The molecule has 2 aliphatic rings. The second-order valence-corrected chi connectivity index (χ2v) is 11.4. The van der Waals surface area contributed by atoms with E-state index in [0.29, 0.717) is 0 Å². The second kappa shape index (κ2) is 10.4. The van der Waals surface area contributed by atoms with Gasteiger partial charge >= 0.3 is 0 Å². The maximum atomic E-state index is 6.51. The quantitative estimate of drug-likeness (QED) is 0.200. The SMILES string of the molecule is c1cc(-c2ccncc2)cc(-c2ccc3c(c2)B2c4cc(-c5cccc(-c6ccncc6)c5)ccc4Oc4cccc(c42)O3)c1. The molecule has 2 aliphatic heterocycles. The number of nitrogens with zero attached hydrogens (tertiary/aromatic N) is 2. The summed E-state index contributed by atoms with van der Waals surface area (Å²) in [5, 5.41) is 0. The molecule has 0 atom stereocenters. The predicted molar refractivity (Wildman–Crippen MR) is 181 cm³/mol. The minimum Gasteiger partial charge on any atom is -0.458 e. The standard InChI is InChI=1S/C40H25BN2O2/c1-4-28(26-14-18-42-19-15-26)22-30(6-1)32-10-12-36-34(24-32)41-35-25-33(31-7-2-5-29(23-31)27-16-20-43-21-17-27)11-13-37(35)45-39-9-3-8-38(44-36)40(39)41/h1-25H. The average molecular weight is 576 g/mol. The van der Waals surface area contributed by atoms with Crippen molar-refractivity contribution in [2.45, 2.75) is 0 Å². The molecular formula is C40H25BN2O2. The summed E-state index contributed by atoms with van der Waals surface area (Å²) >= 11 is 0. The van der Waals surface area contributed by atoms with E-state index in [0.717, 1.165) is 83.9 Å².